The van der Waals surface area contributed by atoms with Crippen molar-refractivity contribution in [1.82, 2.24) is 14.8 Å². The number of halogens is 3. The molecule has 0 aliphatic heterocycles. The summed E-state index contributed by atoms with van der Waals surface area (Å²) in [5.74, 6) is -0.417. The zero-order chi connectivity index (χ0) is 17.2. The van der Waals surface area contributed by atoms with Crippen LogP contribution in [-0.4, -0.2) is 20.7 Å². The summed E-state index contributed by atoms with van der Waals surface area (Å²) in [6.07, 6.45) is -1.48. The van der Waals surface area contributed by atoms with Crippen molar-refractivity contribution in [3.8, 4) is 5.69 Å². The summed E-state index contributed by atoms with van der Waals surface area (Å²) in [5.41, 5.74) is 0.628. The number of amides is 1. The third-order valence-corrected chi connectivity index (χ3v) is 3.28. The van der Waals surface area contributed by atoms with Gasteiger partial charge >= 0.3 is 6.18 Å². The summed E-state index contributed by atoms with van der Waals surface area (Å²) in [6, 6.07) is 10.8. The largest absolute Gasteiger partial charge is 0.416 e. The summed E-state index contributed by atoms with van der Waals surface area (Å²) >= 11 is 0. The van der Waals surface area contributed by atoms with Gasteiger partial charge in [0.1, 0.15) is 12.7 Å². The minimum atomic E-state index is -4.40. The number of carbonyl (C=O) groups excluding carboxylic acids is 1. The van der Waals surface area contributed by atoms with E-state index in [-0.39, 0.29) is 5.69 Å². The average Bonchev–Trinajstić information content (AvgIpc) is 3.09. The molecule has 0 aliphatic rings. The molecule has 1 N–H and O–H groups in total. The van der Waals surface area contributed by atoms with Crippen LogP contribution in [0.5, 0.6) is 0 Å². The van der Waals surface area contributed by atoms with Gasteiger partial charge in [0.2, 0.25) is 0 Å². The quantitative estimate of drug-likeness (QED) is 0.798. The molecule has 0 aliphatic carbocycles. The fourth-order valence-electron chi connectivity index (χ4n) is 2.05. The van der Waals surface area contributed by atoms with Gasteiger partial charge in [0.05, 0.1) is 11.3 Å². The summed E-state index contributed by atoms with van der Waals surface area (Å²) in [7, 11) is 0. The van der Waals surface area contributed by atoms with E-state index in [0.717, 1.165) is 17.8 Å². The molecule has 5 nitrogen and oxygen atoms in total. The lowest BCUT2D eigenvalue weighted by molar-refractivity contribution is -0.137. The van der Waals surface area contributed by atoms with Crippen LogP contribution in [-0.2, 0) is 6.18 Å². The molecule has 24 heavy (non-hydrogen) atoms. The number of rotatable bonds is 3. The number of carbonyl (C=O) groups is 1. The van der Waals surface area contributed by atoms with Gasteiger partial charge in [0, 0.05) is 11.3 Å². The predicted molar refractivity (Wildman–Crippen MR) is 80.8 cm³/mol. The van der Waals surface area contributed by atoms with Crippen molar-refractivity contribution < 1.29 is 18.0 Å². The maximum atomic E-state index is 12.5. The smallest absolute Gasteiger partial charge is 0.322 e. The van der Waals surface area contributed by atoms with E-state index in [0.29, 0.717) is 5.56 Å². The molecule has 1 heterocycles. The summed E-state index contributed by atoms with van der Waals surface area (Å²) < 4.78 is 39.0. The van der Waals surface area contributed by atoms with Gasteiger partial charge < -0.3 is 5.32 Å². The first-order chi connectivity index (χ1) is 11.4. The molecule has 0 spiro atoms. The minimum Gasteiger partial charge on any atom is -0.322 e. The molecule has 2 aromatic carbocycles. The van der Waals surface area contributed by atoms with Crippen LogP contribution >= 0.6 is 0 Å². The standard InChI is InChI=1S/C16H11F3N4O/c17-16(18,19)12-3-5-13(6-4-12)22-15(24)11-1-7-14(8-2-11)23-10-20-9-21-23/h1-10H,(H,22,24). The fraction of sp³-hybridized carbons (Fsp3) is 0.0625. The Hall–Kier alpha value is -3.16. The molecule has 0 saturated heterocycles. The highest BCUT2D eigenvalue weighted by molar-refractivity contribution is 6.04. The molecular weight excluding hydrogens is 321 g/mol. The van der Waals surface area contributed by atoms with E-state index in [1.165, 1.54) is 29.5 Å². The van der Waals surface area contributed by atoms with Gasteiger partial charge in [-0.2, -0.15) is 18.3 Å². The molecule has 0 bridgehead atoms. The second kappa shape index (κ2) is 6.15. The lowest BCUT2D eigenvalue weighted by Gasteiger charge is -2.09. The van der Waals surface area contributed by atoms with Gasteiger partial charge in [-0.25, -0.2) is 9.67 Å². The second-order valence-corrected chi connectivity index (χ2v) is 4.92. The second-order valence-electron chi connectivity index (χ2n) is 4.92. The SMILES string of the molecule is O=C(Nc1ccc(C(F)(F)F)cc1)c1ccc(-n2cncn2)cc1. The monoisotopic (exact) mass is 332 g/mol. The molecule has 1 amide bonds. The molecule has 0 saturated carbocycles. The van der Waals surface area contributed by atoms with E-state index in [9.17, 15) is 18.0 Å². The summed E-state index contributed by atoms with van der Waals surface area (Å²) in [5, 5.41) is 6.52. The van der Waals surface area contributed by atoms with Gasteiger partial charge in [-0.3, -0.25) is 4.79 Å². The highest BCUT2D eigenvalue weighted by atomic mass is 19.4. The zero-order valence-electron chi connectivity index (χ0n) is 12.2. The highest BCUT2D eigenvalue weighted by Crippen LogP contribution is 2.29. The molecular formula is C16H11F3N4O. The highest BCUT2D eigenvalue weighted by Gasteiger charge is 2.29. The van der Waals surface area contributed by atoms with Gasteiger partial charge in [-0.05, 0) is 48.5 Å². The van der Waals surface area contributed by atoms with Gasteiger partial charge in [-0.1, -0.05) is 0 Å². The fourth-order valence-corrected chi connectivity index (χ4v) is 2.05. The number of aromatic nitrogens is 3. The van der Waals surface area contributed by atoms with E-state index in [1.807, 2.05) is 0 Å². The van der Waals surface area contributed by atoms with Crippen molar-refractivity contribution in [3.63, 3.8) is 0 Å². The summed E-state index contributed by atoms with van der Waals surface area (Å²) in [4.78, 5) is 16.0. The Morgan fingerprint density at radius 1 is 1.00 bits per heavy atom. The topological polar surface area (TPSA) is 59.8 Å². The Morgan fingerprint density at radius 2 is 1.67 bits per heavy atom. The number of hydrogen-bond donors (Lipinski definition) is 1. The van der Waals surface area contributed by atoms with Gasteiger partial charge in [0.15, 0.2) is 0 Å². The molecule has 122 valence electrons. The van der Waals surface area contributed by atoms with E-state index in [2.05, 4.69) is 15.4 Å². The zero-order valence-corrected chi connectivity index (χ0v) is 12.2. The first-order valence-electron chi connectivity index (χ1n) is 6.87. The van der Waals surface area contributed by atoms with Crippen molar-refractivity contribution in [3.05, 3.63) is 72.3 Å². The van der Waals surface area contributed by atoms with Crippen molar-refractivity contribution >= 4 is 11.6 Å². The van der Waals surface area contributed by atoms with Crippen LogP contribution in [0.3, 0.4) is 0 Å². The molecule has 3 rings (SSSR count). The number of anilines is 1. The molecule has 3 aromatic rings. The van der Waals surface area contributed by atoms with E-state index in [4.69, 9.17) is 0 Å². The minimum absolute atomic E-state index is 0.286. The van der Waals surface area contributed by atoms with Crippen LogP contribution in [0.15, 0.2) is 61.2 Å². The van der Waals surface area contributed by atoms with E-state index >= 15 is 0 Å². The lowest BCUT2D eigenvalue weighted by Crippen LogP contribution is -2.12. The number of hydrogen-bond acceptors (Lipinski definition) is 3. The van der Waals surface area contributed by atoms with Crippen LogP contribution in [0.1, 0.15) is 15.9 Å². The summed E-state index contributed by atoms with van der Waals surface area (Å²) in [6.45, 7) is 0. The van der Waals surface area contributed by atoms with Crippen molar-refractivity contribution in [2.45, 2.75) is 6.18 Å². The molecule has 0 atom stereocenters. The maximum absolute atomic E-state index is 12.5. The van der Waals surface area contributed by atoms with Crippen LogP contribution in [0.2, 0.25) is 0 Å². The Morgan fingerprint density at radius 3 is 2.21 bits per heavy atom. The Kier molecular flexibility index (Phi) is 4.03. The first kappa shape index (κ1) is 15.7. The van der Waals surface area contributed by atoms with E-state index in [1.54, 1.807) is 24.3 Å². The van der Waals surface area contributed by atoms with Crippen molar-refractivity contribution in [2.75, 3.05) is 5.32 Å². The van der Waals surface area contributed by atoms with Gasteiger partial charge in [-0.15, -0.1) is 0 Å². The normalized spacial score (nSPS) is 11.3. The third-order valence-electron chi connectivity index (χ3n) is 3.28. The van der Waals surface area contributed by atoms with Crippen LogP contribution in [0, 0.1) is 0 Å². The van der Waals surface area contributed by atoms with Crippen molar-refractivity contribution in [2.24, 2.45) is 0 Å². The Labute approximate surface area is 134 Å². The van der Waals surface area contributed by atoms with Crippen molar-refractivity contribution in [1.29, 1.82) is 0 Å². The maximum Gasteiger partial charge on any atom is 0.416 e. The number of nitrogens with one attached hydrogen (secondary N) is 1. The van der Waals surface area contributed by atoms with Crippen LogP contribution < -0.4 is 5.32 Å². The number of benzene rings is 2. The Balaban J connectivity index is 1.71. The number of nitrogens with zero attached hydrogens (tertiary/aromatic N) is 3. The number of alkyl halides is 3. The lowest BCUT2D eigenvalue weighted by atomic mass is 10.1. The molecule has 1 aromatic heterocycles. The first-order valence-corrected chi connectivity index (χ1v) is 6.87. The predicted octanol–water partition coefficient (Wildman–Crippen LogP) is 3.54. The van der Waals surface area contributed by atoms with Crippen LogP contribution in [0.4, 0.5) is 18.9 Å². The molecule has 8 heteroatoms. The molecule has 0 radical (unpaired) electrons. The van der Waals surface area contributed by atoms with Crippen LogP contribution in [0.25, 0.3) is 5.69 Å². The molecule has 0 unspecified atom stereocenters. The van der Waals surface area contributed by atoms with E-state index < -0.39 is 17.6 Å². The van der Waals surface area contributed by atoms with Gasteiger partial charge in [0.25, 0.3) is 5.91 Å². The Bertz CT molecular complexity index is 825. The molecule has 0 fully saturated rings. The third kappa shape index (κ3) is 3.43. The average molecular weight is 332 g/mol.